The lowest BCUT2D eigenvalue weighted by molar-refractivity contribution is -0.137. The summed E-state index contributed by atoms with van der Waals surface area (Å²) in [5.74, 6) is -0.761. The molecule has 1 saturated carbocycles. The number of hydrogen-bond donors (Lipinski definition) is 0. The number of rotatable bonds is 5. The Labute approximate surface area is 149 Å². The van der Waals surface area contributed by atoms with Crippen LogP contribution in [0, 0.1) is 0 Å². The molecule has 1 atom stereocenters. The van der Waals surface area contributed by atoms with Gasteiger partial charge in [0.2, 0.25) is 0 Å². The van der Waals surface area contributed by atoms with E-state index in [-0.39, 0.29) is 36.1 Å². The molecule has 0 radical (unpaired) electrons. The predicted molar refractivity (Wildman–Crippen MR) is 91.4 cm³/mol. The van der Waals surface area contributed by atoms with Crippen molar-refractivity contribution < 1.29 is 22.7 Å². The molecule has 2 aliphatic rings. The Hall–Kier alpha value is -1.41. The smallest absolute Gasteiger partial charge is 0.338 e. The van der Waals surface area contributed by atoms with E-state index in [1.165, 1.54) is 0 Å². The quantitative estimate of drug-likeness (QED) is 0.684. The standard InChI is InChI=1S/C16H18BrNO5S/c17-12-3-1-2-11(8-12)16(20)23-9-15(19)18(13-4-5-13)14-6-7-24(21,22)10-14/h1-3,8,13-14H,4-7,9-10H2/t14-/m1/s1. The summed E-state index contributed by atoms with van der Waals surface area (Å²) < 4.78 is 29.2. The molecule has 0 aromatic heterocycles. The number of esters is 1. The van der Waals surface area contributed by atoms with E-state index in [0.717, 1.165) is 17.3 Å². The molecular weight excluding hydrogens is 398 g/mol. The molecule has 1 amide bonds. The van der Waals surface area contributed by atoms with Gasteiger partial charge in [-0.25, -0.2) is 13.2 Å². The third kappa shape index (κ3) is 4.16. The zero-order valence-electron chi connectivity index (χ0n) is 13.0. The van der Waals surface area contributed by atoms with Gasteiger partial charge in [-0.1, -0.05) is 22.0 Å². The summed E-state index contributed by atoms with van der Waals surface area (Å²) in [6, 6.07) is 6.52. The van der Waals surface area contributed by atoms with Gasteiger partial charge in [0.1, 0.15) is 0 Å². The van der Waals surface area contributed by atoms with E-state index in [1.807, 2.05) is 0 Å². The highest BCUT2D eigenvalue weighted by atomic mass is 79.9. The first-order valence-corrected chi connectivity index (χ1v) is 10.4. The van der Waals surface area contributed by atoms with Gasteiger partial charge in [0, 0.05) is 16.6 Å². The minimum Gasteiger partial charge on any atom is -0.452 e. The maximum absolute atomic E-state index is 12.5. The van der Waals surface area contributed by atoms with Crippen molar-refractivity contribution in [2.75, 3.05) is 18.1 Å². The van der Waals surface area contributed by atoms with Crippen LogP contribution in [0.4, 0.5) is 0 Å². The number of nitrogens with zero attached hydrogens (tertiary/aromatic N) is 1. The van der Waals surface area contributed by atoms with Crippen LogP contribution in [-0.2, 0) is 19.4 Å². The minimum atomic E-state index is -3.07. The Kier molecular flexibility index (Phi) is 4.96. The van der Waals surface area contributed by atoms with Crippen LogP contribution in [0.15, 0.2) is 28.7 Å². The van der Waals surface area contributed by atoms with Gasteiger partial charge >= 0.3 is 5.97 Å². The summed E-state index contributed by atoms with van der Waals surface area (Å²) in [6.07, 6.45) is 2.22. The first-order chi connectivity index (χ1) is 11.4. The van der Waals surface area contributed by atoms with E-state index in [4.69, 9.17) is 4.74 Å². The summed E-state index contributed by atoms with van der Waals surface area (Å²) >= 11 is 3.28. The van der Waals surface area contributed by atoms with Crippen molar-refractivity contribution in [2.24, 2.45) is 0 Å². The monoisotopic (exact) mass is 415 g/mol. The van der Waals surface area contributed by atoms with Crippen LogP contribution >= 0.6 is 15.9 Å². The lowest BCUT2D eigenvalue weighted by Gasteiger charge is -2.28. The molecule has 3 rings (SSSR count). The molecule has 1 saturated heterocycles. The van der Waals surface area contributed by atoms with Crippen molar-refractivity contribution in [3.05, 3.63) is 34.3 Å². The fourth-order valence-electron chi connectivity index (χ4n) is 2.95. The van der Waals surface area contributed by atoms with E-state index < -0.39 is 15.8 Å². The van der Waals surface area contributed by atoms with Crippen molar-refractivity contribution >= 4 is 37.6 Å². The Morgan fingerprint density at radius 3 is 2.54 bits per heavy atom. The Morgan fingerprint density at radius 1 is 1.21 bits per heavy atom. The zero-order chi connectivity index (χ0) is 17.3. The van der Waals surface area contributed by atoms with Crippen LogP contribution in [0.2, 0.25) is 0 Å². The molecule has 2 fully saturated rings. The molecule has 0 N–H and O–H groups in total. The fourth-order valence-corrected chi connectivity index (χ4v) is 5.06. The van der Waals surface area contributed by atoms with Crippen LogP contribution in [-0.4, -0.2) is 55.4 Å². The number of sulfone groups is 1. The number of amides is 1. The molecule has 1 aliphatic heterocycles. The second-order valence-corrected chi connectivity index (χ2v) is 9.32. The normalized spacial score (nSPS) is 22.1. The van der Waals surface area contributed by atoms with Gasteiger partial charge < -0.3 is 9.64 Å². The first-order valence-electron chi connectivity index (χ1n) is 7.80. The molecule has 1 aromatic carbocycles. The van der Waals surface area contributed by atoms with Crippen molar-refractivity contribution in [1.82, 2.24) is 4.90 Å². The van der Waals surface area contributed by atoms with E-state index in [2.05, 4.69) is 15.9 Å². The highest BCUT2D eigenvalue weighted by Gasteiger charge is 2.42. The predicted octanol–water partition coefficient (Wildman–Crippen LogP) is 1.78. The molecule has 1 aromatic rings. The maximum Gasteiger partial charge on any atom is 0.338 e. The van der Waals surface area contributed by atoms with Crippen LogP contribution in [0.1, 0.15) is 29.6 Å². The summed E-state index contributed by atoms with van der Waals surface area (Å²) in [6.45, 7) is -0.363. The second kappa shape index (κ2) is 6.84. The zero-order valence-corrected chi connectivity index (χ0v) is 15.4. The Morgan fingerprint density at radius 2 is 1.96 bits per heavy atom. The first kappa shape index (κ1) is 17.4. The Bertz CT molecular complexity index is 759. The fraction of sp³-hybridized carbons (Fsp3) is 0.500. The number of carbonyl (C=O) groups excluding carboxylic acids is 2. The van der Waals surface area contributed by atoms with Gasteiger partial charge in [0.05, 0.1) is 17.1 Å². The summed E-state index contributed by atoms with van der Waals surface area (Å²) in [5, 5.41) is 0. The summed E-state index contributed by atoms with van der Waals surface area (Å²) in [5.41, 5.74) is 0.360. The topological polar surface area (TPSA) is 80.8 Å². The molecule has 0 unspecified atom stereocenters. The highest BCUT2D eigenvalue weighted by Crippen LogP contribution is 2.32. The number of benzene rings is 1. The van der Waals surface area contributed by atoms with Gasteiger partial charge in [0.25, 0.3) is 5.91 Å². The summed E-state index contributed by atoms with van der Waals surface area (Å²) in [7, 11) is -3.07. The van der Waals surface area contributed by atoms with Gasteiger partial charge in [-0.2, -0.15) is 0 Å². The van der Waals surface area contributed by atoms with E-state index >= 15 is 0 Å². The van der Waals surface area contributed by atoms with Crippen molar-refractivity contribution in [3.8, 4) is 0 Å². The molecule has 1 heterocycles. The molecule has 0 spiro atoms. The van der Waals surface area contributed by atoms with E-state index in [9.17, 15) is 18.0 Å². The second-order valence-electron chi connectivity index (χ2n) is 6.18. The Balaban J connectivity index is 1.61. The lowest BCUT2D eigenvalue weighted by Crippen LogP contribution is -2.44. The number of carbonyl (C=O) groups is 2. The maximum atomic E-state index is 12.5. The number of ether oxygens (including phenoxy) is 1. The van der Waals surface area contributed by atoms with E-state index in [0.29, 0.717) is 12.0 Å². The van der Waals surface area contributed by atoms with Crippen LogP contribution < -0.4 is 0 Å². The van der Waals surface area contributed by atoms with Crippen LogP contribution in [0.5, 0.6) is 0 Å². The summed E-state index contributed by atoms with van der Waals surface area (Å²) in [4.78, 5) is 26.1. The van der Waals surface area contributed by atoms with Crippen molar-refractivity contribution in [3.63, 3.8) is 0 Å². The molecule has 24 heavy (non-hydrogen) atoms. The minimum absolute atomic E-state index is 0.00875. The average Bonchev–Trinajstić information content (AvgIpc) is 3.28. The lowest BCUT2D eigenvalue weighted by atomic mass is 10.2. The van der Waals surface area contributed by atoms with Gasteiger partial charge in [-0.05, 0) is 37.5 Å². The highest BCUT2D eigenvalue weighted by molar-refractivity contribution is 9.10. The van der Waals surface area contributed by atoms with Crippen LogP contribution in [0.3, 0.4) is 0 Å². The molecule has 0 bridgehead atoms. The third-order valence-electron chi connectivity index (χ3n) is 4.22. The third-order valence-corrected chi connectivity index (χ3v) is 6.46. The van der Waals surface area contributed by atoms with Crippen molar-refractivity contribution in [2.45, 2.75) is 31.3 Å². The van der Waals surface area contributed by atoms with Crippen molar-refractivity contribution in [1.29, 1.82) is 0 Å². The molecular formula is C16H18BrNO5S. The van der Waals surface area contributed by atoms with Crippen LogP contribution in [0.25, 0.3) is 0 Å². The average molecular weight is 416 g/mol. The van der Waals surface area contributed by atoms with Gasteiger partial charge in [-0.15, -0.1) is 0 Å². The van der Waals surface area contributed by atoms with Gasteiger partial charge in [-0.3, -0.25) is 4.79 Å². The number of halogens is 1. The van der Waals surface area contributed by atoms with E-state index in [1.54, 1.807) is 29.2 Å². The molecule has 130 valence electrons. The van der Waals surface area contributed by atoms with Gasteiger partial charge in [0.15, 0.2) is 16.4 Å². The molecule has 8 heteroatoms. The molecule has 1 aliphatic carbocycles. The number of hydrogen-bond acceptors (Lipinski definition) is 5. The SMILES string of the molecule is O=C(OCC(=O)N(C1CC1)[C@@H]1CCS(=O)(=O)C1)c1cccc(Br)c1. The molecule has 6 nitrogen and oxygen atoms in total. The largest absolute Gasteiger partial charge is 0.452 e.